The number of hydrogen-bond acceptors (Lipinski definition) is 6. The maximum atomic E-state index is 11.9. The number of carbonyl (C=O) groups excluding carboxylic acids is 1. The molecule has 1 fully saturated rings. The Kier molecular flexibility index (Phi) is 9.59. The molecule has 0 unspecified atom stereocenters. The van der Waals surface area contributed by atoms with E-state index in [4.69, 9.17) is 4.74 Å². The highest BCUT2D eigenvalue weighted by Gasteiger charge is 2.27. The minimum Gasteiger partial charge on any atom is -0.444 e. The van der Waals surface area contributed by atoms with Gasteiger partial charge in [0.1, 0.15) is 18.0 Å². The Morgan fingerprint density at radius 2 is 2.21 bits per heavy atom. The number of amides is 1. The molecule has 29 heavy (non-hydrogen) atoms. The van der Waals surface area contributed by atoms with Crippen LogP contribution in [-0.4, -0.2) is 69.5 Å². The van der Waals surface area contributed by atoms with E-state index in [-0.39, 0.29) is 35.7 Å². The normalized spacial score (nSPS) is 16.9. The van der Waals surface area contributed by atoms with Crippen LogP contribution in [0.2, 0.25) is 0 Å². The summed E-state index contributed by atoms with van der Waals surface area (Å²) in [5.74, 6) is 0.748. The number of rotatable bonds is 6. The molecular weight excluding hydrogens is 493 g/mol. The molecule has 0 aromatic carbocycles. The number of alkyl carbamates (subject to hydrolysis) is 1. The Bertz CT molecular complexity index is 717. The number of aromatic nitrogens is 2. The van der Waals surface area contributed by atoms with Crippen LogP contribution in [0, 0.1) is 10.1 Å². The van der Waals surface area contributed by atoms with Crippen LogP contribution < -0.4 is 10.6 Å². The number of nitro groups is 1. The third-order valence-electron chi connectivity index (χ3n) is 3.96. The summed E-state index contributed by atoms with van der Waals surface area (Å²) in [5.41, 5.74) is -0.563. The number of hydrogen-bond donors (Lipinski definition) is 2. The van der Waals surface area contributed by atoms with Crippen LogP contribution in [0.3, 0.4) is 0 Å². The molecule has 1 saturated heterocycles. The van der Waals surface area contributed by atoms with Crippen LogP contribution in [0.4, 0.5) is 10.5 Å². The van der Waals surface area contributed by atoms with E-state index < -0.39 is 16.6 Å². The molecule has 0 spiro atoms. The summed E-state index contributed by atoms with van der Waals surface area (Å²) in [6.07, 6.45) is 3.00. The molecule has 0 aliphatic carbocycles. The molecule has 12 heteroatoms. The number of halogens is 1. The van der Waals surface area contributed by atoms with Gasteiger partial charge in [0.15, 0.2) is 5.96 Å². The summed E-state index contributed by atoms with van der Waals surface area (Å²) < 4.78 is 6.81. The van der Waals surface area contributed by atoms with Gasteiger partial charge in [-0.2, -0.15) is 5.10 Å². The van der Waals surface area contributed by atoms with Crippen molar-refractivity contribution < 1.29 is 14.5 Å². The fraction of sp³-hybridized carbons (Fsp3) is 0.706. The topological polar surface area (TPSA) is 127 Å². The van der Waals surface area contributed by atoms with Crippen LogP contribution in [0.25, 0.3) is 0 Å². The minimum atomic E-state index is -0.527. The van der Waals surface area contributed by atoms with Crippen LogP contribution in [-0.2, 0) is 11.3 Å². The van der Waals surface area contributed by atoms with Gasteiger partial charge in [-0.1, -0.05) is 0 Å². The average molecular weight is 523 g/mol. The Hall–Kier alpha value is -2.12. The summed E-state index contributed by atoms with van der Waals surface area (Å²) in [6.45, 7) is 10.5. The first-order valence-electron chi connectivity index (χ1n) is 9.37. The van der Waals surface area contributed by atoms with Gasteiger partial charge in [0, 0.05) is 19.6 Å². The van der Waals surface area contributed by atoms with Crippen molar-refractivity contribution in [2.75, 3.05) is 26.2 Å². The Morgan fingerprint density at radius 3 is 2.79 bits per heavy atom. The molecule has 0 radical (unpaired) electrons. The van der Waals surface area contributed by atoms with E-state index in [9.17, 15) is 14.9 Å². The number of likely N-dealkylation sites (tertiary alicyclic amines) is 1. The number of guanidine groups is 1. The van der Waals surface area contributed by atoms with E-state index in [2.05, 4.69) is 25.6 Å². The standard InChI is InChI=1S/C17H29N7O4.HI/c1-5-18-15(19-7-9-23-12-14(10-20-23)24(26)27)22-8-6-13(11-22)21-16(25)28-17(2,3)4;/h10,12-13H,5-9,11H2,1-4H3,(H,18,19)(H,21,25);1H/t13-;/m1./s1. The van der Waals surface area contributed by atoms with Crippen molar-refractivity contribution >= 4 is 41.7 Å². The second-order valence-corrected chi connectivity index (χ2v) is 7.53. The summed E-state index contributed by atoms with van der Waals surface area (Å²) >= 11 is 0. The molecule has 1 atom stereocenters. The number of ether oxygens (including phenoxy) is 1. The lowest BCUT2D eigenvalue weighted by molar-refractivity contribution is -0.385. The smallest absolute Gasteiger partial charge is 0.407 e. The lowest BCUT2D eigenvalue weighted by Crippen LogP contribution is -2.44. The monoisotopic (exact) mass is 523 g/mol. The summed E-state index contributed by atoms with van der Waals surface area (Å²) in [6, 6.07) is -0.00697. The molecule has 1 amide bonds. The minimum absolute atomic E-state index is 0. The van der Waals surface area contributed by atoms with Crippen LogP contribution in [0.5, 0.6) is 0 Å². The highest BCUT2D eigenvalue weighted by Crippen LogP contribution is 2.12. The number of nitrogens with one attached hydrogen (secondary N) is 2. The summed E-state index contributed by atoms with van der Waals surface area (Å²) in [5, 5.41) is 20.8. The molecule has 164 valence electrons. The molecule has 2 heterocycles. The van der Waals surface area contributed by atoms with Crippen molar-refractivity contribution in [2.45, 2.75) is 52.3 Å². The molecule has 1 aromatic heterocycles. The van der Waals surface area contributed by atoms with Gasteiger partial charge in [-0.25, -0.2) is 4.79 Å². The Labute approximate surface area is 187 Å². The van der Waals surface area contributed by atoms with Gasteiger partial charge in [0.25, 0.3) is 0 Å². The lowest BCUT2D eigenvalue weighted by Gasteiger charge is -2.23. The number of nitrogens with zero attached hydrogens (tertiary/aromatic N) is 5. The van der Waals surface area contributed by atoms with E-state index in [1.807, 2.05) is 27.7 Å². The maximum absolute atomic E-state index is 11.9. The van der Waals surface area contributed by atoms with Crippen molar-refractivity contribution in [3.63, 3.8) is 0 Å². The van der Waals surface area contributed by atoms with Crippen LogP contribution in [0.15, 0.2) is 17.4 Å². The van der Waals surface area contributed by atoms with E-state index in [1.165, 1.54) is 17.1 Å². The van der Waals surface area contributed by atoms with Gasteiger partial charge >= 0.3 is 11.8 Å². The van der Waals surface area contributed by atoms with Gasteiger partial charge in [-0.05, 0) is 34.1 Å². The van der Waals surface area contributed by atoms with Crippen LogP contribution in [0.1, 0.15) is 34.1 Å². The molecule has 0 bridgehead atoms. The highest BCUT2D eigenvalue weighted by atomic mass is 127. The number of carbonyl (C=O) groups is 1. The third kappa shape index (κ3) is 8.41. The predicted octanol–water partition coefficient (Wildman–Crippen LogP) is 1.97. The van der Waals surface area contributed by atoms with Gasteiger partial charge in [-0.15, -0.1) is 24.0 Å². The molecule has 11 nitrogen and oxygen atoms in total. The summed E-state index contributed by atoms with van der Waals surface area (Å²) in [7, 11) is 0. The Balaban J connectivity index is 0.00000420. The zero-order chi connectivity index (χ0) is 20.7. The van der Waals surface area contributed by atoms with E-state index in [1.54, 1.807) is 0 Å². The molecule has 1 aromatic rings. The third-order valence-corrected chi connectivity index (χ3v) is 3.96. The fourth-order valence-electron chi connectivity index (χ4n) is 2.80. The molecule has 1 aliphatic rings. The first-order chi connectivity index (χ1) is 13.2. The van der Waals surface area contributed by atoms with E-state index in [0.717, 1.165) is 18.9 Å². The van der Waals surface area contributed by atoms with Gasteiger partial charge in [0.05, 0.1) is 24.1 Å². The van der Waals surface area contributed by atoms with Gasteiger partial charge in [-0.3, -0.25) is 19.8 Å². The zero-order valence-electron chi connectivity index (χ0n) is 17.3. The number of aliphatic imine (C=N–C) groups is 1. The Morgan fingerprint density at radius 1 is 1.48 bits per heavy atom. The molecular formula is C17H30IN7O4. The second-order valence-electron chi connectivity index (χ2n) is 7.53. The zero-order valence-corrected chi connectivity index (χ0v) is 19.6. The predicted molar refractivity (Wildman–Crippen MR) is 120 cm³/mol. The molecule has 2 N–H and O–H groups in total. The molecule has 1 aliphatic heterocycles. The van der Waals surface area contributed by atoms with Crippen molar-refractivity contribution in [3.8, 4) is 0 Å². The largest absolute Gasteiger partial charge is 0.444 e. The fourth-order valence-corrected chi connectivity index (χ4v) is 2.80. The quantitative estimate of drug-likeness (QED) is 0.192. The van der Waals surface area contributed by atoms with Crippen molar-refractivity contribution in [1.29, 1.82) is 0 Å². The van der Waals surface area contributed by atoms with Crippen molar-refractivity contribution in [1.82, 2.24) is 25.3 Å². The van der Waals surface area contributed by atoms with E-state index in [0.29, 0.717) is 26.2 Å². The van der Waals surface area contributed by atoms with E-state index >= 15 is 0 Å². The highest BCUT2D eigenvalue weighted by molar-refractivity contribution is 14.0. The molecule has 0 saturated carbocycles. The van der Waals surface area contributed by atoms with Crippen molar-refractivity contribution in [3.05, 3.63) is 22.5 Å². The lowest BCUT2D eigenvalue weighted by atomic mass is 10.2. The molecule has 2 rings (SSSR count). The SMILES string of the molecule is CCNC(=NCCn1cc([N+](=O)[O-])cn1)N1CC[C@@H](NC(=O)OC(C)(C)C)C1.I. The van der Waals surface area contributed by atoms with Gasteiger partial charge < -0.3 is 20.3 Å². The summed E-state index contributed by atoms with van der Waals surface area (Å²) in [4.78, 5) is 28.8. The average Bonchev–Trinajstić information content (AvgIpc) is 3.21. The van der Waals surface area contributed by atoms with Gasteiger partial charge in [0.2, 0.25) is 0 Å². The maximum Gasteiger partial charge on any atom is 0.407 e. The van der Waals surface area contributed by atoms with Crippen LogP contribution >= 0.6 is 24.0 Å². The first kappa shape index (κ1) is 24.9. The van der Waals surface area contributed by atoms with Crippen molar-refractivity contribution in [2.24, 2.45) is 4.99 Å². The second kappa shape index (κ2) is 11.2. The first-order valence-corrected chi connectivity index (χ1v) is 9.37.